The predicted octanol–water partition coefficient (Wildman–Crippen LogP) is 1.58. The second kappa shape index (κ2) is 6.67. The number of nitrogens with two attached hydrogens (primary N) is 1. The standard InChI is InChI=1S/C15H20FN3O2/c1-10-2-5-14(20)19(7-6-10)9-12-8-11(15(21)18-17)3-4-13(12)16/h3-4,8,10H,2,5-7,9,17H2,1H3,(H,18,21). The first kappa shape index (κ1) is 15.4. The number of amides is 2. The van der Waals surface area contributed by atoms with E-state index in [4.69, 9.17) is 5.84 Å². The second-order valence-electron chi connectivity index (χ2n) is 5.53. The van der Waals surface area contributed by atoms with Crippen molar-refractivity contribution in [2.75, 3.05) is 6.54 Å². The Hall–Kier alpha value is -1.95. The fourth-order valence-electron chi connectivity index (χ4n) is 2.47. The lowest BCUT2D eigenvalue weighted by molar-refractivity contribution is -0.131. The zero-order valence-corrected chi connectivity index (χ0v) is 12.1. The molecule has 2 amide bonds. The van der Waals surface area contributed by atoms with E-state index in [-0.39, 0.29) is 18.0 Å². The lowest BCUT2D eigenvalue weighted by atomic mass is 10.0. The Morgan fingerprint density at radius 3 is 2.95 bits per heavy atom. The first-order valence-corrected chi connectivity index (χ1v) is 7.08. The maximum absolute atomic E-state index is 13.9. The molecule has 3 N–H and O–H groups in total. The molecule has 2 rings (SSSR count). The summed E-state index contributed by atoms with van der Waals surface area (Å²) < 4.78 is 13.9. The molecule has 0 spiro atoms. The van der Waals surface area contributed by atoms with Crippen molar-refractivity contribution in [3.05, 3.63) is 35.1 Å². The first-order valence-electron chi connectivity index (χ1n) is 7.08. The molecule has 0 aromatic heterocycles. The Labute approximate surface area is 123 Å². The minimum atomic E-state index is -0.480. The van der Waals surface area contributed by atoms with Crippen molar-refractivity contribution >= 4 is 11.8 Å². The van der Waals surface area contributed by atoms with Crippen molar-refractivity contribution in [3.63, 3.8) is 0 Å². The van der Waals surface area contributed by atoms with E-state index >= 15 is 0 Å². The maximum atomic E-state index is 13.9. The summed E-state index contributed by atoms with van der Waals surface area (Å²) in [5.74, 6) is 4.71. The van der Waals surface area contributed by atoms with Crippen molar-refractivity contribution in [3.8, 4) is 0 Å². The van der Waals surface area contributed by atoms with Crippen LogP contribution < -0.4 is 11.3 Å². The Bertz CT molecular complexity index is 548. The average Bonchev–Trinajstić information content (AvgIpc) is 2.64. The SMILES string of the molecule is CC1CCC(=O)N(Cc2cc(C(=O)NN)ccc2F)CC1. The summed E-state index contributed by atoms with van der Waals surface area (Å²) in [5.41, 5.74) is 2.63. The van der Waals surface area contributed by atoms with Gasteiger partial charge in [0, 0.05) is 30.6 Å². The average molecular weight is 293 g/mol. The number of likely N-dealkylation sites (tertiary alicyclic amines) is 1. The molecule has 0 radical (unpaired) electrons. The first-order chi connectivity index (χ1) is 10.0. The van der Waals surface area contributed by atoms with E-state index in [1.54, 1.807) is 4.90 Å². The third-order valence-corrected chi connectivity index (χ3v) is 3.90. The molecule has 1 fully saturated rings. The van der Waals surface area contributed by atoms with Gasteiger partial charge in [-0.05, 0) is 37.0 Å². The molecule has 1 aromatic carbocycles. The molecule has 0 bridgehead atoms. The van der Waals surface area contributed by atoms with Crippen molar-refractivity contribution < 1.29 is 14.0 Å². The van der Waals surface area contributed by atoms with Crippen LogP contribution >= 0.6 is 0 Å². The molecule has 1 unspecified atom stereocenters. The highest BCUT2D eigenvalue weighted by Gasteiger charge is 2.21. The van der Waals surface area contributed by atoms with Crippen LogP contribution in [0.2, 0.25) is 0 Å². The van der Waals surface area contributed by atoms with Gasteiger partial charge in [-0.25, -0.2) is 10.2 Å². The van der Waals surface area contributed by atoms with E-state index in [9.17, 15) is 14.0 Å². The van der Waals surface area contributed by atoms with E-state index < -0.39 is 11.7 Å². The zero-order valence-electron chi connectivity index (χ0n) is 12.1. The number of hydrazine groups is 1. The van der Waals surface area contributed by atoms with Gasteiger partial charge in [0.2, 0.25) is 5.91 Å². The van der Waals surface area contributed by atoms with Crippen molar-refractivity contribution in [2.45, 2.75) is 32.7 Å². The van der Waals surface area contributed by atoms with Crippen molar-refractivity contribution in [1.29, 1.82) is 0 Å². The molecular weight excluding hydrogens is 273 g/mol. The van der Waals surface area contributed by atoms with E-state index in [0.29, 0.717) is 24.4 Å². The number of carbonyl (C=O) groups excluding carboxylic acids is 2. The topological polar surface area (TPSA) is 75.4 Å². The fourth-order valence-corrected chi connectivity index (χ4v) is 2.47. The van der Waals surface area contributed by atoms with Crippen LogP contribution in [0.4, 0.5) is 4.39 Å². The number of carbonyl (C=O) groups is 2. The smallest absolute Gasteiger partial charge is 0.265 e. The van der Waals surface area contributed by atoms with Crippen LogP contribution in [0.5, 0.6) is 0 Å². The van der Waals surface area contributed by atoms with Gasteiger partial charge in [-0.15, -0.1) is 0 Å². The third-order valence-electron chi connectivity index (χ3n) is 3.90. The number of benzene rings is 1. The van der Waals surface area contributed by atoms with Gasteiger partial charge >= 0.3 is 0 Å². The molecular formula is C15H20FN3O2. The number of nitrogens with one attached hydrogen (secondary N) is 1. The molecule has 1 saturated heterocycles. The van der Waals surface area contributed by atoms with Crippen molar-refractivity contribution in [2.24, 2.45) is 11.8 Å². The van der Waals surface area contributed by atoms with Gasteiger partial charge in [0.05, 0.1) is 0 Å². The lowest BCUT2D eigenvalue weighted by Gasteiger charge is -2.21. The van der Waals surface area contributed by atoms with Gasteiger partial charge in [-0.3, -0.25) is 15.0 Å². The summed E-state index contributed by atoms with van der Waals surface area (Å²) in [7, 11) is 0. The van der Waals surface area contributed by atoms with Gasteiger partial charge in [-0.2, -0.15) is 0 Å². The minimum absolute atomic E-state index is 0.0347. The van der Waals surface area contributed by atoms with E-state index in [2.05, 4.69) is 6.92 Å². The van der Waals surface area contributed by atoms with Crippen LogP contribution in [0, 0.1) is 11.7 Å². The third kappa shape index (κ3) is 3.78. The summed E-state index contributed by atoms with van der Waals surface area (Å²) in [5, 5.41) is 0. The summed E-state index contributed by atoms with van der Waals surface area (Å²) in [6.07, 6.45) is 2.27. The van der Waals surface area contributed by atoms with Crippen LogP contribution in [0.1, 0.15) is 42.1 Å². The van der Waals surface area contributed by atoms with E-state index in [0.717, 1.165) is 12.8 Å². The number of rotatable bonds is 3. The van der Waals surface area contributed by atoms with Gasteiger partial charge in [0.25, 0.3) is 5.91 Å². The molecule has 114 valence electrons. The van der Waals surface area contributed by atoms with E-state index in [1.165, 1.54) is 18.2 Å². The summed E-state index contributed by atoms with van der Waals surface area (Å²) in [6.45, 7) is 2.92. The Kier molecular flexibility index (Phi) is 4.90. The molecule has 0 saturated carbocycles. The highest BCUT2D eigenvalue weighted by Crippen LogP contribution is 2.20. The van der Waals surface area contributed by atoms with E-state index in [1.807, 2.05) is 5.43 Å². The summed E-state index contributed by atoms with van der Waals surface area (Å²) >= 11 is 0. The fraction of sp³-hybridized carbons (Fsp3) is 0.467. The zero-order chi connectivity index (χ0) is 15.4. The largest absolute Gasteiger partial charge is 0.338 e. The molecule has 0 aliphatic carbocycles. The number of halogens is 1. The van der Waals surface area contributed by atoms with Gasteiger partial charge in [-0.1, -0.05) is 6.92 Å². The number of nitrogen functional groups attached to an aromatic ring is 1. The maximum Gasteiger partial charge on any atom is 0.265 e. The molecule has 21 heavy (non-hydrogen) atoms. The van der Waals surface area contributed by atoms with Crippen LogP contribution in [0.3, 0.4) is 0 Å². The normalized spacial score (nSPS) is 19.3. The number of hydrogen-bond acceptors (Lipinski definition) is 3. The molecule has 6 heteroatoms. The van der Waals surface area contributed by atoms with Gasteiger partial charge in [0.1, 0.15) is 5.82 Å². The molecule has 5 nitrogen and oxygen atoms in total. The monoisotopic (exact) mass is 293 g/mol. The quantitative estimate of drug-likeness (QED) is 0.505. The predicted molar refractivity (Wildman–Crippen MR) is 76.5 cm³/mol. The highest BCUT2D eigenvalue weighted by molar-refractivity contribution is 5.93. The summed E-state index contributed by atoms with van der Waals surface area (Å²) in [4.78, 5) is 25.2. The minimum Gasteiger partial charge on any atom is -0.338 e. The molecule has 1 aliphatic rings. The molecule has 1 heterocycles. The highest BCUT2D eigenvalue weighted by atomic mass is 19.1. The number of hydrogen-bond donors (Lipinski definition) is 2. The Morgan fingerprint density at radius 2 is 2.24 bits per heavy atom. The Balaban J connectivity index is 2.17. The van der Waals surface area contributed by atoms with Gasteiger partial charge < -0.3 is 4.90 Å². The molecule has 1 atom stereocenters. The molecule has 1 aliphatic heterocycles. The van der Waals surface area contributed by atoms with Crippen molar-refractivity contribution in [1.82, 2.24) is 10.3 Å². The number of nitrogens with zero attached hydrogens (tertiary/aromatic N) is 1. The van der Waals surface area contributed by atoms with Gasteiger partial charge in [0.15, 0.2) is 0 Å². The summed E-state index contributed by atoms with van der Waals surface area (Å²) in [6, 6.07) is 4.04. The Morgan fingerprint density at radius 1 is 1.48 bits per heavy atom. The lowest BCUT2D eigenvalue weighted by Crippen LogP contribution is -2.31. The van der Waals surface area contributed by atoms with Crippen LogP contribution in [-0.2, 0) is 11.3 Å². The van der Waals surface area contributed by atoms with Crippen LogP contribution in [0.15, 0.2) is 18.2 Å². The van der Waals surface area contributed by atoms with Crippen LogP contribution in [0.25, 0.3) is 0 Å². The van der Waals surface area contributed by atoms with Crippen LogP contribution in [-0.4, -0.2) is 23.3 Å². The molecule has 1 aromatic rings. The second-order valence-corrected chi connectivity index (χ2v) is 5.53.